The maximum atomic E-state index is 11.8. The third-order valence-corrected chi connectivity index (χ3v) is 3.45. The minimum Gasteiger partial charge on any atom is -0.356 e. The van der Waals surface area contributed by atoms with Gasteiger partial charge in [0.05, 0.1) is 0 Å². The topological polar surface area (TPSA) is 29.1 Å². The van der Waals surface area contributed by atoms with Gasteiger partial charge in [-0.25, -0.2) is 0 Å². The molecular weight excluding hydrogens is 174 g/mol. The van der Waals surface area contributed by atoms with Crippen molar-refractivity contribution in [2.75, 3.05) is 6.54 Å². The Labute approximate surface area is 85.8 Å². The molecule has 2 aliphatic carbocycles. The highest BCUT2D eigenvalue weighted by atomic mass is 16.1. The Morgan fingerprint density at radius 1 is 1.43 bits per heavy atom. The van der Waals surface area contributed by atoms with Gasteiger partial charge in [0.25, 0.3) is 0 Å². The van der Waals surface area contributed by atoms with E-state index in [2.05, 4.69) is 24.4 Å². The number of amides is 1. The zero-order valence-electron chi connectivity index (χ0n) is 8.83. The van der Waals surface area contributed by atoms with Crippen LogP contribution in [0, 0.1) is 17.8 Å². The van der Waals surface area contributed by atoms with Gasteiger partial charge in [-0.1, -0.05) is 25.5 Å². The van der Waals surface area contributed by atoms with Crippen molar-refractivity contribution in [3.63, 3.8) is 0 Å². The molecule has 2 bridgehead atoms. The normalized spacial score (nSPS) is 33.6. The summed E-state index contributed by atoms with van der Waals surface area (Å²) in [5.74, 6) is 1.81. The van der Waals surface area contributed by atoms with Gasteiger partial charge in [-0.2, -0.15) is 0 Å². The summed E-state index contributed by atoms with van der Waals surface area (Å²) in [5.41, 5.74) is 0. The number of fused-ring (bicyclic) bond motifs is 2. The molecule has 2 aliphatic rings. The van der Waals surface area contributed by atoms with Crippen LogP contribution in [-0.4, -0.2) is 12.5 Å². The molecule has 2 nitrogen and oxygen atoms in total. The van der Waals surface area contributed by atoms with Crippen LogP contribution in [0.1, 0.15) is 32.6 Å². The molecule has 2 heteroatoms. The molecule has 0 heterocycles. The molecule has 0 aromatic carbocycles. The molecule has 0 aliphatic heterocycles. The highest BCUT2D eigenvalue weighted by molar-refractivity contribution is 5.79. The molecular formula is C12H19NO. The Morgan fingerprint density at radius 3 is 2.86 bits per heavy atom. The molecule has 0 spiro atoms. The predicted molar refractivity (Wildman–Crippen MR) is 56.8 cm³/mol. The fraction of sp³-hybridized carbons (Fsp3) is 0.750. The maximum Gasteiger partial charge on any atom is 0.223 e. The lowest BCUT2D eigenvalue weighted by molar-refractivity contribution is -0.125. The van der Waals surface area contributed by atoms with Crippen molar-refractivity contribution < 1.29 is 4.79 Å². The third-order valence-electron chi connectivity index (χ3n) is 3.45. The van der Waals surface area contributed by atoms with Crippen LogP contribution in [0.2, 0.25) is 0 Å². The zero-order valence-corrected chi connectivity index (χ0v) is 8.83. The first kappa shape index (κ1) is 9.75. The van der Waals surface area contributed by atoms with E-state index in [1.165, 1.54) is 6.42 Å². The van der Waals surface area contributed by atoms with Crippen molar-refractivity contribution in [3.8, 4) is 0 Å². The molecule has 2 rings (SSSR count). The maximum absolute atomic E-state index is 11.8. The summed E-state index contributed by atoms with van der Waals surface area (Å²) in [4.78, 5) is 11.8. The largest absolute Gasteiger partial charge is 0.356 e. The highest BCUT2D eigenvalue weighted by Crippen LogP contribution is 2.43. The fourth-order valence-corrected chi connectivity index (χ4v) is 2.60. The number of carbonyl (C=O) groups excluding carboxylic acids is 1. The number of hydrogen-bond acceptors (Lipinski definition) is 1. The van der Waals surface area contributed by atoms with E-state index in [-0.39, 0.29) is 11.8 Å². The smallest absolute Gasteiger partial charge is 0.223 e. The Kier molecular flexibility index (Phi) is 2.90. The van der Waals surface area contributed by atoms with E-state index < -0.39 is 0 Å². The van der Waals surface area contributed by atoms with Crippen molar-refractivity contribution in [3.05, 3.63) is 12.2 Å². The number of unbranched alkanes of at least 4 members (excludes halogenated alkanes) is 1. The Bertz CT molecular complexity index is 247. The van der Waals surface area contributed by atoms with Gasteiger partial charge < -0.3 is 5.32 Å². The first-order chi connectivity index (χ1) is 6.81. The van der Waals surface area contributed by atoms with Crippen LogP contribution >= 0.6 is 0 Å². The molecule has 0 radical (unpaired) electrons. The standard InChI is InChI=1S/C12H19NO/c1-2-3-6-13-12(14)11-8-9-4-5-10(11)7-9/h4-5,9-11H,2-3,6-8H2,1H3,(H,13,14). The van der Waals surface area contributed by atoms with Crippen molar-refractivity contribution in [2.24, 2.45) is 17.8 Å². The fourth-order valence-electron chi connectivity index (χ4n) is 2.60. The van der Waals surface area contributed by atoms with Gasteiger partial charge in [0.15, 0.2) is 0 Å². The molecule has 1 saturated carbocycles. The molecule has 1 fully saturated rings. The lowest BCUT2D eigenvalue weighted by atomic mass is 9.93. The number of allylic oxidation sites excluding steroid dienone is 2. The summed E-state index contributed by atoms with van der Waals surface area (Å²) in [7, 11) is 0. The molecule has 3 atom stereocenters. The molecule has 14 heavy (non-hydrogen) atoms. The second kappa shape index (κ2) is 4.16. The van der Waals surface area contributed by atoms with E-state index >= 15 is 0 Å². The average molecular weight is 193 g/mol. The van der Waals surface area contributed by atoms with Crippen LogP contribution in [0.25, 0.3) is 0 Å². The predicted octanol–water partition coefficient (Wildman–Crippen LogP) is 2.11. The molecule has 1 amide bonds. The van der Waals surface area contributed by atoms with Gasteiger partial charge in [0, 0.05) is 12.5 Å². The first-order valence-electron chi connectivity index (χ1n) is 5.77. The van der Waals surface area contributed by atoms with E-state index in [1.54, 1.807) is 0 Å². The van der Waals surface area contributed by atoms with Gasteiger partial charge >= 0.3 is 0 Å². The molecule has 1 N–H and O–H groups in total. The molecule has 0 aromatic rings. The van der Waals surface area contributed by atoms with Gasteiger partial charge in [0.1, 0.15) is 0 Å². The van der Waals surface area contributed by atoms with Crippen LogP contribution in [0.5, 0.6) is 0 Å². The summed E-state index contributed by atoms with van der Waals surface area (Å²) >= 11 is 0. The summed E-state index contributed by atoms with van der Waals surface area (Å²) in [6, 6.07) is 0. The van der Waals surface area contributed by atoms with Crippen LogP contribution < -0.4 is 5.32 Å². The van der Waals surface area contributed by atoms with Gasteiger partial charge in [-0.15, -0.1) is 0 Å². The van der Waals surface area contributed by atoms with Crippen LogP contribution in [-0.2, 0) is 4.79 Å². The van der Waals surface area contributed by atoms with E-state index in [4.69, 9.17) is 0 Å². The number of carbonyl (C=O) groups is 1. The lowest BCUT2D eigenvalue weighted by Gasteiger charge is -2.17. The number of hydrogen-bond donors (Lipinski definition) is 1. The lowest BCUT2D eigenvalue weighted by Crippen LogP contribution is -2.33. The second-order valence-electron chi connectivity index (χ2n) is 4.53. The van der Waals surface area contributed by atoms with E-state index in [0.29, 0.717) is 11.8 Å². The van der Waals surface area contributed by atoms with E-state index in [1.807, 2.05) is 0 Å². The van der Waals surface area contributed by atoms with Gasteiger partial charge in [0.2, 0.25) is 5.91 Å². The van der Waals surface area contributed by atoms with Gasteiger partial charge in [-0.3, -0.25) is 4.79 Å². The van der Waals surface area contributed by atoms with Crippen LogP contribution in [0.3, 0.4) is 0 Å². The third kappa shape index (κ3) is 1.84. The Hall–Kier alpha value is -0.790. The van der Waals surface area contributed by atoms with Crippen LogP contribution in [0.4, 0.5) is 0 Å². The zero-order chi connectivity index (χ0) is 9.97. The molecule has 0 saturated heterocycles. The monoisotopic (exact) mass is 193 g/mol. The minimum atomic E-state index is 0.279. The quantitative estimate of drug-likeness (QED) is 0.537. The van der Waals surface area contributed by atoms with Crippen molar-refractivity contribution in [1.82, 2.24) is 5.32 Å². The highest BCUT2D eigenvalue weighted by Gasteiger charge is 2.39. The van der Waals surface area contributed by atoms with E-state index in [0.717, 1.165) is 25.8 Å². The van der Waals surface area contributed by atoms with Crippen molar-refractivity contribution in [1.29, 1.82) is 0 Å². The Balaban J connectivity index is 1.79. The van der Waals surface area contributed by atoms with E-state index in [9.17, 15) is 4.79 Å². The van der Waals surface area contributed by atoms with Gasteiger partial charge in [-0.05, 0) is 31.1 Å². The van der Waals surface area contributed by atoms with Crippen LogP contribution in [0.15, 0.2) is 12.2 Å². The minimum absolute atomic E-state index is 0.279. The molecule has 0 aromatic heterocycles. The summed E-state index contributed by atoms with van der Waals surface area (Å²) < 4.78 is 0. The number of rotatable bonds is 4. The summed E-state index contributed by atoms with van der Waals surface area (Å²) in [6.07, 6.45) is 9.06. The summed E-state index contributed by atoms with van der Waals surface area (Å²) in [5, 5.41) is 3.04. The Morgan fingerprint density at radius 2 is 2.29 bits per heavy atom. The molecule has 78 valence electrons. The SMILES string of the molecule is CCCCNC(=O)C1CC2C=CC1C2. The second-order valence-corrected chi connectivity index (χ2v) is 4.53. The number of nitrogens with one attached hydrogen (secondary N) is 1. The average Bonchev–Trinajstić information content (AvgIpc) is 2.79. The molecule has 3 unspecified atom stereocenters. The van der Waals surface area contributed by atoms with Crippen molar-refractivity contribution >= 4 is 5.91 Å². The summed E-state index contributed by atoms with van der Waals surface area (Å²) in [6.45, 7) is 3.00. The van der Waals surface area contributed by atoms with Crippen molar-refractivity contribution in [2.45, 2.75) is 32.6 Å². The first-order valence-corrected chi connectivity index (χ1v) is 5.77.